The number of hydrogen-bond donors (Lipinski definition) is 1. The first-order valence-corrected chi connectivity index (χ1v) is 6.44. The van der Waals surface area contributed by atoms with Crippen LogP contribution in [-0.2, 0) is 0 Å². The minimum atomic E-state index is -0.432. The highest BCUT2D eigenvalue weighted by atomic mass is 16.6. The van der Waals surface area contributed by atoms with Gasteiger partial charge in [0.25, 0.3) is 5.69 Å². The van der Waals surface area contributed by atoms with Gasteiger partial charge in [0.1, 0.15) is 17.4 Å². The molecule has 21 heavy (non-hydrogen) atoms. The molecule has 1 aromatic heterocycles. The van der Waals surface area contributed by atoms with Crippen molar-refractivity contribution in [1.82, 2.24) is 9.97 Å². The molecule has 0 saturated carbocycles. The van der Waals surface area contributed by atoms with Crippen molar-refractivity contribution in [3.05, 3.63) is 45.8 Å². The van der Waals surface area contributed by atoms with E-state index >= 15 is 0 Å². The maximum Gasteiger partial charge on any atom is 0.272 e. The monoisotopic (exact) mass is 288 g/mol. The largest absolute Gasteiger partial charge is 0.439 e. The smallest absolute Gasteiger partial charge is 0.272 e. The number of anilines is 1. The molecule has 0 amide bonds. The Bertz CT molecular complexity index is 686. The summed E-state index contributed by atoms with van der Waals surface area (Å²) < 4.78 is 5.61. The van der Waals surface area contributed by atoms with Crippen LogP contribution in [0.3, 0.4) is 0 Å². The van der Waals surface area contributed by atoms with Crippen LogP contribution in [0.2, 0.25) is 0 Å². The minimum Gasteiger partial charge on any atom is -0.439 e. The Hall–Kier alpha value is -2.70. The molecular formula is C14H16N4O3. The summed E-state index contributed by atoms with van der Waals surface area (Å²) in [6.45, 7) is 5.56. The van der Waals surface area contributed by atoms with E-state index in [1.807, 2.05) is 13.8 Å². The molecule has 0 saturated heterocycles. The molecular weight excluding hydrogens is 272 g/mol. The SMILES string of the molecule is Cc1cc(Oc2cc(N)nc(C(C)C)n2)ccc1[N+](=O)[O-]. The fraction of sp³-hybridized carbons (Fsp3) is 0.286. The number of aromatic nitrogens is 2. The highest BCUT2D eigenvalue weighted by molar-refractivity contribution is 5.45. The summed E-state index contributed by atoms with van der Waals surface area (Å²) in [5.41, 5.74) is 6.29. The third kappa shape index (κ3) is 3.44. The molecule has 0 radical (unpaired) electrons. The number of aryl methyl sites for hydroxylation is 1. The second-order valence-corrected chi connectivity index (χ2v) is 4.95. The number of nitrogens with zero attached hydrogens (tertiary/aromatic N) is 3. The standard InChI is InChI=1S/C14H16N4O3/c1-8(2)14-16-12(15)7-13(17-14)21-10-4-5-11(18(19)20)9(3)6-10/h4-8H,1-3H3,(H2,15,16,17). The summed E-state index contributed by atoms with van der Waals surface area (Å²) >= 11 is 0. The van der Waals surface area contributed by atoms with Crippen molar-refractivity contribution in [1.29, 1.82) is 0 Å². The first kappa shape index (κ1) is 14.7. The molecule has 7 heteroatoms. The number of rotatable bonds is 4. The zero-order chi connectivity index (χ0) is 15.6. The van der Waals surface area contributed by atoms with Crippen LogP contribution in [0.4, 0.5) is 11.5 Å². The third-order valence-electron chi connectivity index (χ3n) is 2.84. The first-order chi connectivity index (χ1) is 9.86. The molecule has 0 spiro atoms. The van der Waals surface area contributed by atoms with E-state index in [-0.39, 0.29) is 11.6 Å². The Morgan fingerprint density at radius 1 is 1.29 bits per heavy atom. The maximum atomic E-state index is 10.8. The Labute approximate surface area is 121 Å². The molecule has 0 fully saturated rings. The third-order valence-corrected chi connectivity index (χ3v) is 2.84. The summed E-state index contributed by atoms with van der Waals surface area (Å²) in [7, 11) is 0. The number of benzene rings is 1. The lowest BCUT2D eigenvalue weighted by molar-refractivity contribution is -0.385. The highest BCUT2D eigenvalue weighted by Gasteiger charge is 2.12. The van der Waals surface area contributed by atoms with E-state index in [1.165, 1.54) is 18.2 Å². The molecule has 0 bridgehead atoms. The van der Waals surface area contributed by atoms with E-state index in [9.17, 15) is 10.1 Å². The Kier molecular flexibility index (Phi) is 4.02. The molecule has 0 atom stereocenters. The predicted molar refractivity (Wildman–Crippen MR) is 78.4 cm³/mol. The number of nitrogens with two attached hydrogens (primary N) is 1. The summed E-state index contributed by atoms with van der Waals surface area (Å²) in [4.78, 5) is 18.7. The van der Waals surface area contributed by atoms with Gasteiger partial charge in [-0.2, -0.15) is 4.98 Å². The fourth-order valence-electron chi connectivity index (χ4n) is 1.79. The number of nitrogen functional groups attached to an aromatic ring is 1. The van der Waals surface area contributed by atoms with E-state index in [0.717, 1.165) is 0 Å². The van der Waals surface area contributed by atoms with Gasteiger partial charge in [0.2, 0.25) is 5.88 Å². The molecule has 7 nitrogen and oxygen atoms in total. The summed E-state index contributed by atoms with van der Waals surface area (Å²) in [6, 6.07) is 6.03. The molecule has 1 heterocycles. The topological polar surface area (TPSA) is 104 Å². The van der Waals surface area contributed by atoms with E-state index < -0.39 is 4.92 Å². The van der Waals surface area contributed by atoms with Gasteiger partial charge in [0, 0.05) is 23.6 Å². The second kappa shape index (κ2) is 5.74. The van der Waals surface area contributed by atoms with Gasteiger partial charge in [0.05, 0.1) is 4.92 Å². The van der Waals surface area contributed by atoms with Crippen LogP contribution in [0.25, 0.3) is 0 Å². The van der Waals surface area contributed by atoms with Gasteiger partial charge in [-0.25, -0.2) is 4.98 Å². The van der Waals surface area contributed by atoms with Gasteiger partial charge in [-0.05, 0) is 19.1 Å². The number of hydrogen-bond acceptors (Lipinski definition) is 6. The maximum absolute atomic E-state index is 10.8. The average Bonchev–Trinajstić information content (AvgIpc) is 2.37. The van der Waals surface area contributed by atoms with E-state index in [2.05, 4.69) is 9.97 Å². The Balaban J connectivity index is 2.30. The van der Waals surface area contributed by atoms with Crippen molar-refractivity contribution < 1.29 is 9.66 Å². The normalized spacial score (nSPS) is 10.7. The quantitative estimate of drug-likeness (QED) is 0.684. The van der Waals surface area contributed by atoms with Crippen LogP contribution < -0.4 is 10.5 Å². The molecule has 2 aromatic rings. The van der Waals surface area contributed by atoms with E-state index in [0.29, 0.717) is 28.8 Å². The van der Waals surface area contributed by atoms with Crippen LogP contribution in [0.5, 0.6) is 11.6 Å². The number of ether oxygens (including phenoxy) is 1. The van der Waals surface area contributed by atoms with E-state index in [4.69, 9.17) is 10.5 Å². The van der Waals surface area contributed by atoms with Gasteiger partial charge < -0.3 is 10.5 Å². The van der Waals surface area contributed by atoms with Crippen molar-refractivity contribution >= 4 is 11.5 Å². The molecule has 1 aromatic carbocycles. The van der Waals surface area contributed by atoms with Crippen LogP contribution in [0, 0.1) is 17.0 Å². The van der Waals surface area contributed by atoms with Gasteiger partial charge in [-0.3, -0.25) is 10.1 Å². The number of nitro groups is 1. The molecule has 0 aliphatic heterocycles. The second-order valence-electron chi connectivity index (χ2n) is 4.95. The Morgan fingerprint density at radius 2 is 2.00 bits per heavy atom. The minimum absolute atomic E-state index is 0.0485. The van der Waals surface area contributed by atoms with Gasteiger partial charge in [-0.1, -0.05) is 13.8 Å². The Morgan fingerprint density at radius 3 is 2.57 bits per heavy atom. The molecule has 2 N–H and O–H groups in total. The van der Waals surface area contributed by atoms with Crippen molar-refractivity contribution in [3.63, 3.8) is 0 Å². The zero-order valence-corrected chi connectivity index (χ0v) is 12.0. The fourth-order valence-corrected chi connectivity index (χ4v) is 1.79. The lowest BCUT2D eigenvalue weighted by atomic mass is 10.2. The summed E-state index contributed by atoms with van der Waals surface area (Å²) in [5.74, 6) is 1.81. The van der Waals surface area contributed by atoms with Gasteiger partial charge in [-0.15, -0.1) is 0 Å². The molecule has 0 unspecified atom stereocenters. The van der Waals surface area contributed by atoms with Crippen molar-refractivity contribution in [2.45, 2.75) is 26.7 Å². The van der Waals surface area contributed by atoms with Crippen molar-refractivity contribution in [3.8, 4) is 11.6 Å². The summed E-state index contributed by atoms with van der Waals surface area (Å²) in [6.07, 6.45) is 0. The van der Waals surface area contributed by atoms with Crippen LogP contribution in [-0.4, -0.2) is 14.9 Å². The van der Waals surface area contributed by atoms with Gasteiger partial charge >= 0.3 is 0 Å². The van der Waals surface area contributed by atoms with Crippen LogP contribution in [0.15, 0.2) is 24.3 Å². The zero-order valence-electron chi connectivity index (χ0n) is 12.0. The number of nitro benzene ring substituents is 1. The highest BCUT2D eigenvalue weighted by Crippen LogP contribution is 2.27. The van der Waals surface area contributed by atoms with Crippen molar-refractivity contribution in [2.24, 2.45) is 0 Å². The summed E-state index contributed by atoms with van der Waals surface area (Å²) in [5, 5.41) is 10.8. The van der Waals surface area contributed by atoms with Crippen LogP contribution >= 0.6 is 0 Å². The lowest BCUT2D eigenvalue weighted by Crippen LogP contribution is -2.03. The average molecular weight is 288 g/mol. The first-order valence-electron chi connectivity index (χ1n) is 6.44. The van der Waals surface area contributed by atoms with Crippen LogP contribution in [0.1, 0.15) is 31.2 Å². The molecule has 0 aliphatic rings. The molecule has 2 rings (SSSR count). The molecule has 0 aliphatic carbocycles. The van der Waals surface area contributed by atoms with E-state index in [1.54, 1.807) is 13.0 Å². The molecule has 110 valence electrons. The van der Waals surface area contributed by atoms with Gasteiger partial charge in [0.15, 0.2) is 0 Å². The predicted octanol–water partition coefficient (Wildman–Crippen LogP) is 3.19. The lowest BCUT2D eigenvalue weighted by Gasteiger charge is -2.09. The van der Waals surface area contributed by atoms with Crippen molar-refractivity contribution in [2.75, 3.05) is 5.73 Å².